The summed E-state index contributed by atoms with van der Waals surface area (Å²) < 4.78 is 0. The highest BCUT2D eigenvalue weighted by atomic mass is 16.4. The monoisotopic (exact) mass is 251 g/mol. The predicted octanol–water partition coefficient (Wildman–Crippen LogP) is -0.598. The lowest BCUT2D eigenvalue weighted by molar-refractivity contribution is -0.138. The van der Waals surface area contributed by atoms with Gasteiger partial charge in [-0.05, 0) is 19.1 Å². The van der Waals surface area contributed by atoms with Gasteiger partial charge >= 0.3 is 5.97 Å². The molecule has 0 aliphatic heterocycles. The van der Waals surface area contributed by atoms with Crippen molar-refractivity contribution in [2.24, 2.45) is 5.73 Å². The van der Waals surface area contributed by atoms with Gasteiger partial charge in [0.1, 0.15) is 13.1 Å². The second-order valence-corrected chi connectivity index (χ2v) is 3.71. The van der Waals surface area contributed by atoms with Crippen LogP contribution in [0.4, 0.5) is 0 Å². The fourth-order valence-electron chi connectivity index (χ4n) is 1.41. The summed E-state index contributed by atoms with van der Waals surface area (Å²) in [6.45, 7) is 0.683. The van der Waals surface area contributed by atoms with E-state index in [0.717, 1.165) is 4.90 Å². The molecule has 0 aromatic carbocycles. The first-order chi connectivity index (χ1) is 8.40. The second kappa shape index (κ2) is 5.76. The molecule has 0 saturated carbocycles. The summed E-state index contributed by atoms with van der Waals surface area (Å²) in [4.78, 5) is 38.2. The number of carboxylic acids is 1. The summed E-state index contributed by atoms with van der Waals surface area (Å²) in [6, 6.07) is 2.96. The van der Waals surface area contributed by atoms with Crippen LogP contribution in [0.2, 0.25) is 0 Å². The summed E-state index contributed by atoms with van der Waals surface area (Å²) in [5.74, 6) is -2.55. The van der Waals surface area contributed by atoms with Crippen molar-refractivity contribution in [3.63, 3.8) is 0 Å². The maximum Gasteiger partial charge on any atom is 0.323 e. The van der Waals surface area contributed by atoms with E-state index in [0.29, 0.717) is 5.69 Å². The molecule has 0 atom stereocenters. The van der Waals surface area contributed by atoms with Crippen molar-refractivity contribution in [2.45, 2.75) is 6.92 Å². The first-order valence-corrected chi connectivity index (χ1v) is 5.12. The van der Waals surface area contributed by atoms with Gasteiger partial charge in [-0.1, -0.05) is 0 Å². The van der Waals surface area contributed by atoms with Gasteiger partial charge in [-0.3, -0.25) is 19.4 Å². The van der Waals surface area contributed by atoms with Crippen molar-refractivity contribution in [2.75, 3.05) is 13.1 Å². The van der Waals surface area contributed by atoms with Crippen molar-refractivity contribution < 1.29 is 19.5 Å². The van der Waals surface area contributed by atoms with Crippen LogP contribution in [0.3, 0.4) is 0 Å². The van der Waals surface area contributed by atoms with Gasteiger partial charge in [-0.2, -0.15) is 0 Å². The Hall–Kier alpha value is -2.44. The van der Waals surface area contributed by atoms with Gasteiger partial charge < -0.3 is 15.7 Å². The minimum absolute atomic E-state index is 0.269. The van der Waals surface area contributed by atoms with E-state index >= 15 is 0 Å². The quantitative estimate of drug-likeness (QED) is 0.725. The Morgan fingerprint density at radius 3 is 2.56 bits per heavy atom. The number of nitrogens with two attached hydrogens (primary N) is 1. The van der Waals surface area contributed by atoms with Gasteiger partial charge in [0, 0.05) is 17.5 Å². The van der Waals surface area contributed by atoms with E-state index in [1.54, 1.807) is 6.92 Å². The van der Waals surface area contributed by atoms with E-state index in [1.807, 2.05) is 0 Å². The molecule has 2 amide bonds. The van der Waals surface area contributed by atoms with Gasteiger partial charge in [-0.15, -0.1) is 0 Å². The zero-order valence-electron chi connectivity index (χ0n) is 9.79. The van der Waals surface area contributed by atoms with Crippen LogP contribution < -0.4 is 5.73 Å². The third kappa shape index (κ3) is 3.85. The molecule has 96 valence electrons. The van der Waals surface area contributed by atoms with Crippen LogP contribution >= 0.6 is 0 Å². The summed E-state index contributed by atoms with van der Waals surface area (Å²) in [5, 5.41) is 8.69. The highest BCUT2D eigenvalue weighted by Crippen LogP contribution is 2.05. The van der Waals surface area contributed by atoms with Crippen LogP contribution in [0.5, 0.6) is 0 Å². The molecule has 1 aromatic rings. The Bertz CT molecular complexity index is 471. The van der Waals surface area contributed by atoms with Crippen LogP contribution in [0.1, 0.15) is 16.1 Å². The number of pyridine rings is 1. The van der Waals surface area contributed by atoms with Crippen molar-refractivity contribution in [3.05, 3.63) is 29.6 Å². The van der Waals surface area contributed by atoms with E-state index in [2.05, 4.69) is 4.98 Å². The number of amides is 2. The second-order valence-electron chi connectivity index (χ2n) is 3.71. The Balaban J connectivity index is 2.94. The molecule has 0 radical (unpaired) electrons. The van der Waals surface area contributed by atoms with Crippen LogP contribution in [0.15, 0.2) is 18.3 Å². The average molecular weight is 251 g/mol. The minimum atomic E-state index is -1.21. The highest BCUT2D eigenvalue weighted by Gasteiger charge is 2.20. The van der Waals surface area contributed by atoms with E-state index in [9.17, 15) is 14.4 Å². The molecule has 0 aliphatic carbocycles. The van der Waals surface area contributed by atoms with Gasteiger partial charge in [0.05, 0.1) is 0 Å². The zero-order valence-corrected chi connectivity index (χ0v) is 9.79. The Morgan fingerprint density at radius 1 is 1.39 bits per heavy atom. The maximum absolute atomic E-state index is 12.0. The molecule has 3 N–H and O–H groups in total. The fraction of sp³-hybridized carbons (Fsp3) is 0.273. The summed E-state index contributed by atoms with van der Waals surface area (Å²) in [7, 11) is 0. The number of carboxylic acid groups (broad SMARTS) is 1. The van der Waals surface area contributed by atoms with Crippen molar-refractivity contribution in [1.82, 2.24) is 9.88 Å². The lowest BCUT2D eigenvalue weighted by atomic mass is 10.2. The molecule has 1 heterocycles. The van der Waals surface area contributed by atoms with Crippen molar-refractivity contribution >= 4 is 17.8 Å². The molecule has 0 aliphatic rings. The molecule has 0 fully saturated rings. The Labute approximate surface area is 103 Å². The van der Waals surface area contributed by atoms with E-state index in [1.165, 1.54) is 18.3 Å². The molecule has 7 heteroatoms. The number of hydrogen-bond donors (Lipinski definition) is 2. The van der Waals surface area contributed by atoms with E-state index in [-0.39, 0.29) is 5.56 Å². The SMILES string of the molecule is Cc1cc(C(=O)N(CC(N)=O)CC(=O)O)ccn1. The largest absolute Gasteiger partial charge is 0.480 e. The van der Waals surface area contributed by atoms with Crippen LogP contribution in [0.25, 0.3) is 0 Å². The van der Waals surface area contributed by atoms with E-state index < -0.39 is 30.9 Å². The summed E-state index contributed by atoms with van der Waals surface area (Å²) in [6.07, 6.45) is 1.44. The molecule has 0 bridgehead atoms. The molecular weight excluding hydrogens is 238 g/mol. The first-order valence-electron chi connectivity index (χ1n) is 5.12. The number of aromatic nitrogens is 1. The van der Waals surface area contributed by atoms with E-state index in [4.69, 9.17) is 10.8 Å². The fourth-order valence-corrected chi connectivity index (χ4v) is 1.41. The maximum atomic E-state index is 12.0. The molecular formula is C11H13N3O4. The summed E-state index contributed by atoms with van der Waals surface area (Å²) >= 11 is 0. The molecule has 1 aromatic heterocycles. The van der Waals surface area contributed by atoms with Crippen LogP contribution in [0, 0.1) is 6.92 Å². The van der Waals surface area contributed by atoms with Crippen molar-refractivity contribution in [1.29, 1.82) is 0 Å². The number of hydrogen-bond acceptors (Lipinski definition) is 4. The third-order valence-electron chi connectivity index (χ3n) is 2.10. The highest BCUT2D eigenvalue weighted by molar-refractivity contribution is 5.97. The van der Waals surface area contributed by atoms with Gasteiger partial charge in [0.2, 0.25) is 5.91 Å². The predicted molar refractivity (Wildman–Crippen MR) is 61.7 cm³/mol. The number of carbonyl (C=O) groups excluding carboxylic acids is 2. The number of aryl methyl sites for hydroxylation is 1. The van der Waals surface area contributed by atoms with Gasteiger partial charge in [0.15, 0.2) is 0 Å². The Kier molecular flexibility index (Phi) is 4.36. The zero-order chi connectivity index (χ0) is 13.7. The molecule has 1 rings (SSSR count). The normalized spacial score (nSPS) is 9.83. The van der Waals surface area contributed by atoms with Crippen LogP contribution in [-0.4, -0.2) is 45.9 Å². The summed E-state index contributed by atoms with van der Waals surface area (Å²) in [5.41, 5.74) is 5.87. The van der Waals surface area contributed by atoms with Gasteiger partial charge in [0.25, 0.3) is 5.91 Å². The average Bonchev–Trinajstić information content (AvgIpc) is 2.26. The standard InChI is InChI=1S/C11H13N3O4/c1-7-4-8(2-3-13-7)11(18)14(5-9(12)15)6-10(16)17/h2-4H,5-6H2,1H3,(H2,12,15)(H,16,17). The number of rotatable bonds is 5. The molecule has 7 nitrogen and oxygen atoms in total. The number of primary amides is 1. The smallest absolute Gasteiger partial charge is 0.323 e. The third-order valence-corrected chi connectivity index (χ3v) is 2.10. The lowest BCUT2D eigenvalue weighted by Gasteiger charge is -2.18. The number of carbonyl (C=O) groups is 3. The first kappa shape index (κ1) is 13.6. The van der Waals surface area contributed by atoms with Crippen molar-refractivity contribution in [3.8, 4) is 0 Å². The molecule has 0 spiro atoms. The van der Waals surface area contributed by atoms with Crippen LogP contribution in [-0.2, 0) is 9.59 Å². The molecule has 0 saturated heterocycles. The number of nitrogens with zero attached hydrogens (tertiary/aromatic N) is 2. The Morgan fingerprint density at radius 2 is 2.06 bits per heavy atom. The van der Waals surface area contributed by atoms with Gasteiger partial charge in [-0.25, -0.2) is 0 Å². The molecule has 18 heavy (non-hydrogen) atoms. The number of aliphatic carboxylic acids is 1. The lowest BCUT2D eigenvalue weighted by Crippen LogP contribution is -2.41. The topological polar surface area (TPSA) is 114 Å². The molecule has 0 unspecified atom stereocenters. The minimum Gasteiger partial charge on any atom is -0.480 e.